The highest BCUT2D eigenvalue weighted by molar-refractivity contribution is 6.01. The van der Waals surface area contributed by atoms with Crippen molar-refractivity contribution in [2.75, 3.05) is 4.90 Å². The summed E-state index contributed by atoms with van der Waals surface area (Å²) < 4.78 is 0. The maximum atomic E-state index is 2.57. The molecule has 0 saturated carbocycles. The first-order valence-electron chi connectivity index (χ1n) is 20.2. The predicted molar refractivity (Wildman–Crippen MR) is 236 cm³/mol. The summed E-state index contributed by atoms with van der Waals surface area (Å²) in [6.45, 7) is 9.72. The maximum Gasteiger partial charge on any atom is 0.0726 e. The lowest BCUT2D eigenvalue weighted by Crippen LogP contribution is -2.33. The molecular formula is C55H45N. The molecule has 3 aliphatic carbocycles. The largest absolute Gasteiger partial charge is 0.310 e. The van der Waals surface area contributed by atoms with Crippen molar-refractivity contribution in [1.29, 1.82) is 0 Å². The lowest BCUT2D eigenvalue weighted by molar-refractivity contribution is 0.332. The van der Waals surface area contributed by atoms with Crippen LogP contribution in [0.3, 0.4) is 0 Å². The van der Waals surface area contributed by atoms with Crippen molar-refractivity contribution in [2.45, 2.75) is 56.8 Å². The molecule has 0 aromatic heterocycles. The molecule has 56 heavy (non-hydrogen) atoms. The fraction of sp³-hybridized carbons (Fsp3) is 0.164. The van der Waals surface area contributed by atoms with E-state index in [9.17, 15) is 0 Å². The molecule has 8 aromatic rings. The number of nitrogens with zero attached hydrogens (tertiary/aromatic N) is 1. The van der Waals surface area contributed by atoms with E-state index in [1.807, 2.05) is 0 Å². The lowest BCUT2D eigenvalue weighted by Gasteiger charge is -2.42. The second kappa shape index (κ2) is 11.9. The lowest BCUT2D eigenvalue weighted by atomic mass is 9.63. The number of benzene rings is 8. The maximum absolute atomic E-state index is 2.57. The first kappa shape index (κ1) is 33.2. The molecule has 0 bridgehead atoms. The number of hydrogen-bond acceptors (Lipinski definition) is 1. The van der Waals surface area contributed by atoms with Gasteiger partial charge in [-0.1, -0.05) is 167 Å². The Labute approximate surface area is 330 Å². The highest BCUT2D eigenvalue weighted by Crippen LogP contribution is 2.64. The predicted octanol–water partition coefficient (Wildman–Crippen LogP) is 14.7. The van der Waals surface area contributed by atoms with Gasteiger partial charge in [0.15, 0.2) is 0 Å². The minimum absolute atomic E-state index is 0.0865. The standard InChI is InChI=1S/C55H45N/c1-53(2)30-31-54(3,4)51-33-38(27-29-49(51)53)44-34-45-43-22-12-15-25-48(43)55(46-23-13-10-20-41(46)42-21-11-14-24-47(42)55)50(45)35-52(44)56(39-18-6-5-7-19-39)40-28-26-36-16-8-9-17-37(36)32-40/h5-29,32-35H,30-31H2,1-4H3. The third-order valence-electron chi connectivity index (χ3n) is 13.5. The summed E-state index contributed by atoms with van der Waals surface area (Å²) in [6, 6.07) is 66.6. The Kier molecular flexibility index (Phi) is 7.06. The monoisotopic (exact) mass is 719 g/mol. The SMILES string of the molecule is CC1(C)CCC(C)(C)c2cc(-c3cc4c(cc3N(c3ccccc3)c3ccc5ccccc5c3)C3(c5ccccc5-c5ccccc53)c3ccccc3-4)ccc21. The van der Waals surface area contributed by atoms with Crippen molar-refractivity contribution in [3.63, 3.8) is 0 Å². The molecule has 3 aliphatic rings. The molecule has 8 aromatic carbocycles. The van der Waals surface area contributed by atoms with Crippen LogP contribution in [-0.4, -0.2) is 0 Å². The van der Waals surface area contributed by atoms with Crippen LogP contribution in [0.5, 0.6) is 0 Å². The van der Waals surface area contributed by atoms with E-state index in [4.69, 9.17) is 0 Å². The van der Waals surface area contributed by atoms with Gasteiger partial charge in [0.05, 0.1) is 11.1 Å². The molecule has 0 fully saturated rings. The van der Waals surface area contributed by atoms with E-state index in [2.05, 4.69) is 209 Å². The molecule has 0 N–H and O–H groups in total. The van der Waals surface area contributed by atoms with Crippen molar-refractivity contribution in [1.82, 2.24) is 0 Å². The number of para-hydroxylation sites is 1. The normalized spacial score (nSPS) is 16.1. The first-order valence-corrected chi connectivity index (χ1v) is 20.2. The van der Waals surface area contributed by atoms with Gasteiger partial charge in [0.25, 0.3) is 0 Å². The third kappa shape index (κ3) is 4.61. The third-order valence-corrected chi connectivity index (χ3v) is 13.5. The van der Waals surface area contributed by atoms with Gasteiger partial charge in [0.1, 0.15) is 0 Å². The summed E-state index contributed by atoms with van der Waals surface area (Å²) in [5.74, 6) is 0. The van der Waals surface area contributed by atoms with E-state index in [-0.39, 0.29) is 10.8 Å². The van der Waals surface area contributed by atoms with Crippen molar-refractivity contribution in [3.05, 3.63) is 209 Å². The fourth-order valence-corrected chi connectivity index (χ4v) is 10.6. The summed E-state index contributed by atoms with van der Waals surface area (Å²) >= 11 is 0. The molecule has 11 rings (SSSR count). The van der Waals surface area contributed by atoms with Crippen molar-refractivity contribution >= 4 is 27.8 Å². The second-order valence-corrected chi connectivity index (χ2v) is 17.5. The molecule has 0 amide bonds. The minimum atomic E-state index is -0.444. The number of rotatable bonds is 4. The molecule has 270 valence electrons. The van der Waals surface area contributed by atoms with Gasteiger partial charge in [-0.3, -0.25) is 0 Å². The van der Waals surface area contributed by atoms with Crippen LogP contribution < -0.4 is 4.90 Å². The van der Waals surface area contributed by atoms with E-state index in [0.29, 0.717) is 0 Å². The van der Waals surface area contributed by atoms with E-state index in [0.717, 1.165) is 11.4 Å². The Morgan fingerprint density at radius 3 is 1.57 bits per heavy atom. The zero-order valence-corrected chi connectivity index (χ0v) is 32.6. The fourth-order valence-electron chi connectivity index (χ4n) is 10.6. The Morgan fingerprint density at radius 1 is 0.357 bits per heavy atom. The van der Waals surface area contributed by atoms with Gasteiger partial charge in [-0.15, -0.1) is 0 Å². The van der Waals surface area contributed by atoms with Gasteiger partial charge < -0.3 is 4.90 Å². The Balaban J connectivity index is 1.27. The van der Waals surface area contributed by atoms with Crippen LogP contribution in [0, 0.1) is 0 Å². The van der Waals surface area contributed by atoms with Crippen molar-refractivity contribution < 1.29 is 0 Å². The molecule has 0 radical (unpaired) electrons. The summed E-state index contributed by atoms with van der Waals surface area (Å²) in [7, 11) is 0. The molecular weight excluding hydrogens is 675 g/mol. The van der Waals surface area contributed by atoms with Gasteiger partial charge in [-0.25, -0.2) is 0 Å². The van der Waals surface area contributed by atoms with E-state index < -0.39 is 5.41 Å². The van der Waals surface area contributed by atoms with Gasteiger partial charge in [0, 0.05) is 16.9 Å². The number of anilines is 3. The van der Waals surface area contributed by atoms with Gasteiger partial charge >= 0.3 is 0 Å². The zero-order chi connectivity index (χ0) is 37.8. The average molecular weight is 720 g/mol. The first-order chi connectivity index (χ1) is 27.3. The van der Waals surface area contributed by atoms with Crippen LogP contribution in [0.1, 0.15) is 73.9 Å². The van der Waals surface area contributed by atoms with E-state index >= 15 is 0 Å². The molecule has 0 unspecified atom stereocenters. The minimum Gasteiger partial charge on any atom is -0.310 e. The quantitative estimate of drug-likeness (QED) is 0.175. The molecule has 0 heterocycles. The van der Waals surface area contributed by atoms with Gasteiger partial charge in [0.2, 0.25) is 0 Å². The average Bonchev–Trinajstić information content (AvgIpc) is 3.69. The van der Waals surface area contributed by atoms with Crippen molar-refractivity contribution in [3.8, 4) is 33.4 Å². The van der Waals surface area contributed by atoms with Gasteiger partial charge in [-0.2, -0.15) is 0 Å². The van der Waals surface area contributed by atoms with E-state index in [1.165, 1.54) is 96.1 Å². The van der Waals surface area contributed by atoms with Crippen LogP contribution in [0.25, 0.3) is 44.2 Å². The smallest absolute Gasteiger partial charge is 0.0726 e. The van der Waals surface area contributed by atoms with Crippen LogP contribution in [0.4, 0.5) is 17.1 Å². The highest BCUT2D eigenvalue weighted by Gasteiger charge is 2.52. The highest BCUT2D eigenvalue weighted by atomic mass is 15.1. The Hall–Kier alpha value is -6.18. The molecule has 1 heteroatoms. The number of hydrogen-bond donors (Lipinski definition) is 0. The second-order valence-electron chi connectivity index (χ2n) is 17.5. The Morgan fingerprint density at radius 2 is 0.911 bits per heavy atom. The van der Waals surface area contributed by atoms with Gasteiger partial charge in [-0.05, 0) is 132 Å². The molecule has 0 saturated heterocycles. The summed E-state index contributed by atoms with van der Waals surface area (Å²) in [4.78, 5) is 2.51. The summed E-state index contributed by atoms with van der Waals surface area (Å²) in [5, 5.41) is 2.47. The van der Waals surface area contributed by atoms with Crippen LogP contribution >= 0.6 is 0 Å². The molecule has 1 nitrogen and oxygen atoms in total. The van der Waals surface area contributed by atoms with Crippen LogP contribution in [-0.2, 0) is 16.2 Å². The molecule has 0 atom stereocenters. The van der Waals surface area contributed by atoms with Crippen LogP contribution in [0.2, 0.25) is 0 Å². The van der Waals surface area contributed by atoms with Crippen molar-refractivity contribution in [2.24, 2.45) is 0 Å². The topological polar surface area (TPSA) is 3.24 Å². The molecule has 1 spiro atoms. The summed E-state index contributed by atoms with van der Waals surface area (Å²) in [6.07, 6.45) is 2.37. The zero-order valence-electron chi connectivity index (χ0n) is 32.6. The summed E-state index contributed by atoms with van der Waals surface area (Å²) in [5.41, 5.74) is 19.4. The van der Waals surface area contributed by atoms with Crippen LogP contribution in [0.15, 0.2) is 176 Å². The molecule has 0 aliphatic heterocycles. The van der Waals surface area contributed by atoms with E-state index in [1.54, 1.807) is 0 Å². The number of fused-ring (bicyclic) bond motifs is 12. The Bertz CT molecular complexity index is 2830.